The fourth-order valence-electron chi connectivity index (χ4n) is 1.48. The van der Waals surface area contributed by atoms with Gasteiger partial charge in [-0.15, -0.1) is 0 Å². The number of amides is 1. The number of benzene rings is 1. The lowest BCUT2D eigenvalue weighted by Gasteiger charge is -2.11. The molecule has 0 heterocycles. The van der Waals surface area contributed by atoms with Crippen LogP contribution in [0.25, 0.3) is 0 Å². The number of ketones is 1. The number of carbonyl (C=O) groups is 2. The highest BCUT2D eigenvalue weighted by Crippen LogP contribution is 2.17. The molecule has 5 nitrogen and oxygen atoms in total. The zero-order chi connectivity index (χ0) is 13.5. The van der Waals surface area contributed by atoms with Crippen LogP contribution in [0.4, 0.5) is 0 Å². The Morgan fingerprint density at radius 2 is 2.00 bits per heavy atom. The first-order chi connectivity index (χ1) is 8.56. The van der Waals surface area contributed by atoms with E-state index in [0.717, 1.165) is 0 Å². The summed E-state index contributed by atoms with van der Waals surface area (Å²) in [4.78, 5) is 23.3. The van der Waals surface area contributed by atoms with E-state index in [4.69, 9.17) is 5.11 Å². The van der Waals surface area contributed by atoms with Crippen molar-refractivity contribution in [2.75, 3.05) is 13.2 Å². The van der Waals surface area contributed by atoms with Crippen molar-refractivity contribution in [3.05, 3.63) is 29.8 Å². The van der Waals surface area contributed by atoms with Crippen molar-refractivity contribution >= 4 is 11.7 Å². The van der Waals surface area contributed by atoms with Gasteiger partial charge in [0.25, 0.3) is 0 Å². The lowest BCUT2D eigenvalue weighted by Crippen LogP contribution is -2.35. The molecule has 1 aromatic carbocycles. The molecule has 1 rings (SSSR count). The molecule has 1 aromatic rings. The Kier molecular flexibility index (Phi) is 5.32. The van der Waals surface area contributed by atoms with Crippen LogP contribution in [0.1, 0.15) is 12.5 Å². The smallest absolute Gasteiger partial charge is 0.230 e. The van der Waals surface area contributed by atoms with Crippen LogP contribution in [0.15, 0.2) is 24.3 Å². The van der Waals surface area contributed by atoms with Crippen LogP contribution in [-0.4, -0.2) is 35.1 Å². The monoisotopic (exact) mass is 251 g/mol. The number of carbonyl (C=O) groups excluding carboxylic acids is 2. The Morgan fingerprint density at radius 3 is 2.61 bits per heavy atom. The molecule has 0 saturated heterocycles. The van der Waals surface area contributed by atoms with E-state index in [0.29, 0.717) is 5.56 Å². The first kappa shape index (κ1) is 14.2. The molecule has 18 heavy (non-hydrogen) atoms. The maximum Gasteiger partial charge on any atom is 0.230 e. The summed E-state index contributed by atoms with van der Waals surface area (Å²) in [6, 6.07) is 6.53. The number of nitrogens with one attached hydrogen (secondary N) is 1. The standard InChI is InChI=1S/C13H17NO4/c1-9(13(18)14-6-7-15)12(17)8-10-4-2-3-5-11(10)16/h2-5,9,15-16H,6-8H2,1H3,(H,14,18). The van der Waals surface area contributed by atoms with Crippen LogP contribution in [0.5, 0.6) is 5.75 Å². The van der Waals surface area contributed by atoms with E-state index >= 15 is 0 Å². The third-order valence-corrected chi connectivity index (χ3v) is 2.64. The number of aliphatic hydroxyl groups is 1. The first-order valence-electron chi connectivity index (χ1n) is 5.74. The van der Waals surface area contributed by atoms with Crippen LogP contribution in [0.3, 0.4) is 0 Å². The molecule has 0 saturated carbocycles. The number of aliphatic hydroxyl groups excluding tert-OH is 1. The van der Waals surface area contributed by atoms with Crippen LogP contribution in [0, 0.1) is 5.92 Å². The maximum atomic E-state index is 11.8. The number of phenolic OH excluding ortho intramolecular Hbond substituents is 1. The van der Waals surface area contributed by atoms with Crippen molar-refractivity contribution in [3.8, 4) is 5.75 Å². The highest BCUT2D eigenvalue weighted by molar-refractivity contribution is 6.01. The van der Waals surface area contributed by atoms with Crippen LogP contribution >= 0.6 is 0 Å². The van der Waals surface area contributed by atoms with Crippen molar-refractivity contribution < 1.29 is 19.8 Å². The van der Waals surface area contributed by atoms with Crippen LogP contribution in [-0.2, 0) is 16.0 Å². The molecule has 98 valence electrons. The number of para-hydroxylation sites is 1. The molecule has 0 aliphatic heterocycles. The van der Waals surface area contributed by atoms with E-state index in [9.17, 15) is 14.7 Å². The zero-order valence-corrected chi connectivity index (χ0v) is 10.2. The minimum absolute atomic E-state index is 0.0143. The van der Waals surface area contributed by atoms with Crippen molar-refractivity contribution in [2.45, 2.75) is 13.3 Å². The van der Waals surface area contributed by atoms with Crippen molar-refractivity contribution in [3.63, 3.8) is 0 Å². The number of hydrogen-bond acceptors (Lipinski definition) is 4. The second kappa shape index (κ2) is 6.76. The second-order valence-electron chi connectivity index (χ2n) is 4.01. The van der Waals surface area contributed by atoms with E-state index < -0.39 is 11.8 Å². The van der Waals surface area contributed by atoms with Gasteiger partial charge in [-0.1, -0.05) is 18.2 Å². The summed E-state index contributed by atoms with van der Waals surface area (Å²) in [5.41, 5.74) is 0.504. The van der Waals surface area contributed by atoms with Gasteiger partial charge >= 0.3 is 0 Å². The second-order valence-corrected chi connectivity index (χ2v) is 4.01. The van der Waals surface area contributed by atoms with Gasteiger partial charge in [0.1, 0.15) is 11.5 Å². The topological polar surface area (TPSA) is 86.6 Å². The third-order valence-electron chi connectivity index (χ3n) is 2.64. The minimum Gasteiger partial charge on any atom is -0.508 e. The van der Waals surface area contributed by atoms with Gasteiger partial charge in [-0.05, 0) is 13.0 Å². The SMILES string of the molecule is CC(C(=O)Cc1ccccc1O)C(=O)NCCO. The van der Waals surface area contributed by atoms with Gasteiger partial charge in [-0.25, -0.2) is 0 Å². The van der Waals surface area contributed by atoms with E-state index in [-0.39, 0.29) is 31.1 Å². The number of phenols is 1. The molecule has 0 aromatic heterocycles. The lowest BCUT2D eigenvalue weighted by atomic mass is 9.98. The number of rotatable bonds is 6. The molecule has 1 amide bonds. The molecule has 0 aliphatic carbocycles. The van der Waals surface area contributed by atoms with Gasteiger partial charge < -0.3 is 15.5 Å². The van der Waals surface area contributed by atoms with E-state index in [1.807, 2.05) is 0 Å². The normalized spacial score (nSPS) is 11.9. The third kappa shape index (κ3) is 3.85. The fraction of sp³-hybridized carbons (Fsp3) is 0.385. The molecule has 0 bridgehead atoms. The average molecular weight is 251 g/mol. The largest absolute Gasteiger partial charge is 0.508 e. The van der Waals surface area contributed by atoms with E-state index in [1.165, 1.54) is 13.0 Å². The summed E-state index contributed by atoms with van der Waals surface area (Å²) in [5.74, 6) is -1.43. The Bertz CT molecular complexity index is 431. The summed E-state index contributed by atoms with van der Waals surface area (Å²) in [5, 5.41) is 20.6. The molecule has 0 aliphatic rings. The summed E-state index contributed by atoms with van der Waals surface area (Å²) >= 11 is 0. The quantitative estimate of drug-likeness (QED) is 0.632. The van der Waals surface area contributed by atoms with Crippen molar-refractivity contribution in [1.82, 2.24) is 5.32 Å². The summed E-state index contributed by atoms with van der Waals surface area (Å²) in [7, 11) is 0. The summed E-state index contributed by atoms with van der Waals surface area (Å²) in [6.07, 6.45) is 0.0143. The Morgan fingerprint density at radius 1 is 1.33 bits per heavy atom. The van der Waals surface area contributed by atoms with Gasteiger partial charge in [0.05, 0.1) is 12.5 Å². The van der Waals surface area contributed by atoms with Crippen LogP contribution in [0.2, 0.25) is 0 Å². The molecule has 1 unspecified atom stereocenters. The van der Waals surface area contributed by atoms with Crippen molar-refractivity contribution in [1.29, 1.82) is 0 Å². The Balaban J connectivity index is 2.60. The molecular formula is C13H17NO4. The van der Waals surface area contributed by atoms with Gasteiger partial charge in [0, 0.05) is 18.5 Å². The molecule has 0 radical (unpaired) electrons. The van der Waals surface area contributed by atoms with Crippen molar-refractivity contribution in [2.24, 2.45) is 5.92 Å². The van der Waals surface area contributed by atoms with Crippen LogP contribution < -0.4 is 5.32 Å². The Labute approximate surface area is 105 Å². The van der Waals surface area contributed by atoms with Gasteiger partial charge in [0.15, 0.2) is 0 Å². The molecule has 1 atom stereocenters. The van der Waals surface area contributed by atoms with E-state index in [1.54, 1.807) is 18.2 Å². The Hall–Kier alpha value is -1.88. The maximum absolute atomic E-state index is 11.8. The molecular weight excluding hydrogens is 234 g/mol. The van der Waals surface area contributed by atoms with Gasteiger partial charge in [0.2, 0.25) is 5.91 Å². The average Bonchev–Trinajstić information content (AvgIpc) is 2.37. The number of Topliss-reactive ketones (excluding diaryl/α,β-unsaturated/α-hetero) is 1. The highest BCUT2D eigenvalue weighted by atomic mass is 16.3. The minimum atomic E-state index is -0.795. The molecule has 3 N–H and O–H groups in total. The predicted octanol–water partition coefficient (Wildman–Crippen LogP) is 0.248. The zero-order valence-electron chi connectivity index (χ0n) is 10.2. The first-order valence-corrected chi connectivity index (χ1v) is 5.74. The van der Waals surface area contributed by atoms with E-state index in [2.05, 4.69) is 5.32 Å². The highest BCUT2D eigenvalue weighted by Gasteiger charge is 2.21. The number of aromatic hydroxyl groups is 1. The van der Waals surface area contributed by atoms with Gasteiger partial charge in [-0.3, -0.25) is 9.59 Å². The molecule has 5 heteroatoms. The summed E-state index contributed by atoms with van der Waals surface area (Å²) in [6.45, 7) is 1.48. The molecule has 0 spiro atoms. The lowest BCUT2D eigenvalue weighted by molar-refractivity contribution is -0.133. The summed E-state index contributed by atoms with van der Waals surface area (Å²) < 4.78 is 0. The predicted molar refractivity (Wildman–Crippen MR) is 66.1 cm³/mol. The fourth-order valence-corrected chi connectivity index (χ4v) is 1.48. The number of hydrogen-bond donors (Lipinski definition) is 3. The molecule has 0 fully saturated rings. The van der Waals surface area contributed by atoms with Gasteiger partial charge in [-0.2, -0.15) is 0 Å².